The van der Waals surface area contributed by atoms with Gasteiger partial charge in [0.25, 0.3) is 5.91 Å². The van der Waals surface area contributed by atoms with Crippen molar-refractivity contribution in [3.05, 3.63) is 72.0 Å². The molecule has 6 aliphatic heterocycles. The predicted molar refractivity (Wildman–Crippen MR) is 315 cm³/mol. The summed E-state index contributed by atoms with van der Waals surface area (Å²) in [6.07, 6.45) is 4.76. The number of halogens is 3. The van der Waals surface area contributed by atoms with E-state index < -0.39 is 60.1 Å². The van der Waals surface area contributed by atoms with Crippen molar-refractivity contribution in [2.45, 2.75) is 116 Å². The minimum absolute atomic E-state index is 0.0684. The van der Waals surface area contributed by atoms with E-state index in [0.717, 1.165) is 43.6 Å². The zero-order valence-corrected chi connectivity index (χ0v) is 50.1. The van der Waals surface area contributed by atoms with Crippen LogP contribution in [0.5, 0.6) is 0 Å². The van der Waals surface area contributed by atoms with Crippen LogP contribution < -0.4 is 34.9 Å². The maximum atomic E-state index is 14.9. The molecule has 0 aromatic heterocycles. The minimum atomic E-state index is -0.710. The molecule has 0 radical (unpaired) electrons. The van der Waals surface area contributed by atoms with Crippen molar-refractivity contribution in [1.82, 2.24) is 15.6 Å². The molecular formula is C60H84F3N9O15. The lowest BCUT2D eigenvalue weighted by molar-refractivity contribution is -0.202. The molecule has 87 heavy (non-hydrogen) atoms. The van der Waals surface area contributed by atoms with Gasteiger partial charge in [0.2, 0.25) is 5.91 Å². The number of anilines is 6. The number of hydroxylamine groups is 5. The third-order valence-electron chi connectivity index (χ3n) is 15.2. The second-order valence-corrected chi connectivity index (χ2v) is 21.7. The molecule has 27 heteroatoms. The summed E-state index contributed by atoms with van der Waals surface area (Å²) in [4.78, 5) is 88.7. The quantitative estimate of drug-likeness (QED) is 0.0331. The molecule has 6 fully saturated rings. The monoisotopic (exact) mass is 1230 g/mol. The predicted octanol–water partition coefficient (Wildman–Crippen LogP) is 8.19. The summed E-state index contributed by atoms with van der Waals surface area (Å²) in [5.41, 5.74) is 4.61. The number of carbonyl (C=O) groups is 6. The van der Waals surface area contributed by atoms with Gasteiger partial charge in [-0.1, -0.05) is 59.3 Å². The molecule has 3 N–H and O–H groups in total. The van der Waals surface area contributed by atoms with Crippen LogP contribution in [0.3, 0.4) is 0 Å². The van der Waals surface area contributed by atoms with Crippen LogP contribution in [0.25, 0.3) is 0 Å². The normalized spacial score (nSPS) is 19.4. The summed E-state index contributed by atoms with van der Waals surface area (Å²) in [5.74, 6) is -2.42. The fraction of sp³-hybridized carbons (Fsp3) is 0.600. The first-order chi connectivity index (χ1) is 42.1. The fourth-order valence-corrected chi connectivity index (χ4v) is 10.4. The molecule has 3 atom stereocenters. The van der Waals surface area contributed by atoms with Gasteiger partial charge in [-0.05, 0) is 73.9 Å². The fourth-order valence-electron chi connectivity index (χ4n) is 10.4. The van der Waals surface area contributed by atoms with Gasteiger partial charge in [-0.25, -0.2) is 42.9 Å². The molecule has 0 unspecified atom stereocenters. The van der Waals surface area contributed by atoms with Gasteiger partial charge in [-0.2, -0.15) is 5.06 Å². The van der Waals surface area contributed by atoms with Crippen LogP contribution in [0, 0.1) is 17.5 Å². The van der Waals surface area contributed by atoms with Gasteiger partial charge >= 0.3 is 24.2 Å². The third-order valence-corrected chi connectivity index (χ3v) is 15.2. The molecular weight excluding hydrogens is 1140 g/mol. The summed E-state index contributed by atoms with van der Waals surface area (Å²) in [5, 5.41) is 20.2. The van der Waals surface area contributed by atoms with Crippen LogP contribution >= 0.6 is 0 Å². The topological polar surface area (TPSA) is 245 Å². The summed E-state index contributed by atoms with van der Waals surface area (Å²) in [7, 11) is 0. The number of nitrogens with one attached hydrogen (secondary N) is 1. The number of rotatable bonds is 24. The highest BCUT2D eigenvalue weighted by Gasteiger charge is 2.38. The first-order valence-electron chi connectivity index (χ1n) is 30.3. The maximum Gasteiger partial charge on any atom is 0.414 e. The number of unbranched alkanes of at least 4 members (excludes halogenated alkanes) is 6. The molecule has 0 spiro atoms. The Kier molecular flexibility index (Phi) is 26.6. The lowest BCUT2D eigenvalue weighted by Gasteiger charge is -2.29. The van der Waals surface area contributed by atoms with Crippen LogP contribution in [0.2, 0.25) is 0 Å². The number of carbonyl (C=O) groups excluding carboxylic acids is 6. The van der Waals surface area contributed by atoms with Crippen molar-refractivity contribution in [3.8, 4) is 0 Å². The number of hydrogen-bond donors (Lipinski definition) is 3. The number of benzene rings is 3. The largest absolute Gasteiger partial charge is 0.442 e. The molecule has 6 heterocycles. The van der Waals surface area contributed by atoms with E-state index in [9.17, 15) is 47.1 Å². The summed E-state index contributed by atoms with van der Waals surface area (Å²) in [6.45, 7) is 13.6. The Morgan fingerprint density at radius 3 is 1.26 bits per heavy atom. The van der Waals surface area contributed by atoms with E-state index in [2.05, 4.69) is 0 Å². The molecule has 0 saturated carbocycles. The molecule has 6 saturated heterocycles. The van der Waals surface area contributed by atoms with E-state index in [0.29, 0.717) is 137 Å². The van der Waals surface area contributed by atoms with Crippen LogP contribution in [0.4, 0.5) is 61.7 Å². The van der Waals surface area contributed by atoms with Crippen LogP contribution in [-0.4, -0.2) is 193 Å². The van der Waals surface area contributed by atoms with E-state index in [1.54, 1.807) is 36.4 Å². The Morgan fingerprint density at radius 1 is 0.529 bits per heavy atom. The van der Waals surface area contributed by atoms with Crippen molar-refractivity contribution in [1.29, 1.82) is 0 Å². The zero-order chi connectivity index (χ0) is 62.2. The van der Waals surface area contributed by atoms with Gasteiger partial charge in [0, 0.05) is 58.5 Å². The molecule has 0 bridgehead atoms. The molecule has 3 aromatic carbocycles. The van der Waals surface area contributed by atoms with Gasteiger partial charge < -0.3 is 53.2 Å². The number of cyclic esters (lactones) is 3. The van der Waals surface area contributed by atoms with Crippen LogP contribution in [-0.2, 0) is 47.6 Å². The first kappa shape index (κ1) is 67.3. The Morgan fingerprint density at radius 2 is 0.885 bits per heavy atom. The second-order valence-electron chi connectivity index (χ2n) is 21.7. The average molecular weight is 1230 g/mol. The number of hydrogen-bond acceptors (Lipinski definition) is 19. The summed E-state index contributed by atoms with van der Waals surface area (Å²) >= 11 is 0. The van der Waals surface area contributed by atoms with Crippen molar-refractivity contribution >= 4 is 70.2 Å². The van der Waals surface area contributed by atoms with Crippen molar-refractivity contribution < 1.29 is 85.6 Å². The molecule has 0 aliphatic carbocycles. The van der Waals surface area contributed by atoms with E-state index in [4.69, 9.17) is 38.5 Å². The van der Waals surface area contributed by atoms with Crippen molar-refractivity contribution in [2.24, 2.45) is 0 Å². The van der Waals surface area contributed by atoms with Crippen LogP contribution in [0.15, 0.2) is 54.6 Å². The smallest absolute Gasteiger partial charge is 0.414 e. The molecule has 24 nitrogen and oxygen atoms in total. The highest BCUT2D eigenvalue weighted by atomic mass is 19.1. The number of nitrogens with zero attached hydrogens (tertiary/aromatic N) is 8. The van der Waals surface area contributed by atoms with Crippen molar-refractivity contribution in [2.75, 3.05) is 148 Å². The van der Waals surface area contributed by atoms with E-state index in [-0.39, 0.29) is 70.3 Å². The lowest BCUT2D eigenvalue weighted by atomic mass is 10.2. The Hall–Kier alpha value is -7.17. The van der Waals surface area contributed by atoms with Crippen LogP contribution in [0.1, 0.15) is 97.8 Å². The lowest BCUT2D eigenvalue weighted by Crippen LogP contribution is -2.40. The maximum absolute atomic E-state index is 14.9. The minimum Gasteiger partial charge on any atom is -0.442 e. The molecule has 9 rings (SSSR count). The van der Waals surface area contributed by atoms with E-state index in [1.165, 1.54) is 32.9 Å². The summed E-state index contributed by atoms with van der Waals surface area (Å²) < 4.78 is 75.5. The second kappa shape index (κ2) is 34.4. The van der Waals surface area contributed by atoms with Gasteiger partial charge in [-0.3, -0.25) is 29.5 Å². The standard InChI is InChI=1S/C26H38FN3O6.C20H28FN3O5.C14H18FN3O4/c1-3-5-7-9-24(31)30(36-25(32)10-8-6-4-2)19-21-18-29(26(33)35-21)20-11-12-23(22(27)17-20)28-13-15-34-16-14-28;1-2-3-4-5-19(25)24(27)14-16-13-23(20(26)29-16)15-6-7-18(17(21)12-15)22-8-10-28-11-9-22;15-12-7-10(18-9-11(8-16-20)22-14(18)19)1-2-13(12)17-3-5-21-6-4-17/h11-12,17,21H,3-10,13-16,18-19H2,1-2H3;6-7,12,16,27H,2-5,8-11,13-14H2,1H3;1-2,7,11,16,20H,3-6,8-9H2/t21-;16-;11-/m110/s1. The van der Waals surface area contributed by atoms with E-state index in [1.807, 2.05) is 41.0 Å². The molecule has 5 amide bonds. The highest BCUT2D eigenvalue weighted by molar-refractivity contribution is 5.92. The van der Waals surface area contributed by atoms with Crippen molar-refractivity contribution in [3.63, 3.8) is 0 Å². The first-order valence-corrected chi connectivity index (χ1v) is 30.3. The SMILES string of the molecule is CCCCCC(=O)N(O)C[C@H]1CN(c2ccc(N3CCOCC3)c(F)c2)C(=O)O1.CCCCCC(=O)ON(C[C@H]1CN(c2ccc(N3CCOCC3)c(F)c2)C(=O)O1)C(=O)CCCCC.O=C1O[C@@H](CNO)CN1c1ccc(N2CCOCC2)c(F)c1. The number of morpholine rings is 3. The Bertz CT molecular complexity index is 2740. The number of ether oxygens (including phenoxy) is 6. The molecule has 480 valence electrons. The third kappa shape index (κ3) is 19.7. The van der Waals surface area contributed by atoms with Gasteiger partial charge in [-0.15, -0.1) is 0 Å². The number of amides is 5. The van der Waals surface area contributed by atoms with Gasteiger partial charge in [0.15, 0.2) is 0 Å². The van der Waals surface area contributed by atoms with Gasteiger partial charge in [0.05, 0.1) is 113 Å². The zero-order valence-electron chi connectivity index (χ0n) is 50.1. The summed E-state index contributed by atoms with van der Waals surface area (Å²) in [6, 6.07) is 14.0. The molecule has 6 aliphatic rings. The van der Waals surface area contributed by atoms with Gasteiger partial charge in [0.1, 0.15) is 35.8 Å². The van der Waals surface area contributed by atoms with E-state index >= 15 is 0 Å². The molecule has 3 aromatic rings. The highest BCUT2D eigenvalue weighted by Crippen LogP contribution is 2.32. The average Bonchev–Trinajstić information content (AvgIpc) is 2.60. The Balaban J connectivity index is 0.000000192. The Labute approximate surface area is 505 Å².